The lowest BCUT2D eigenvalue weighted by Gasteiger charge is -2.16. The van der Waals surface area contributed by atoms with Gasteiger partial charge >= 0.3 is 0 Å². The van der Waals surface area contributed by atoms with Crippen LogP contribution >= 0.6 is 11.8 Å². The van der Waals surface area contributed by atoms with Crippen molar-refractivity contribution >= 4 is 17.4 Å². The number of benzene rings is 2. The van der Waals surface area contributed by atoms with Gasteiger partial charge in [0.1, 0.15) is 18.1 Å². The first kappa shape index (κ1) is 13.9. The molecule has 3 rings (SSSR count). The standard InChI is InChI=1S/C17H17NO2S/c1-2-9-21-17-6-4-3-5-14(17)18-15-11-20-16-10-12(19)7-8-13(15)16/h2-8,10,15,18-19H,1,9,11H2. The van der Waals surface area contributed by atoms with Gasteiger partial charge in [-0.25, -0.2) is 0 Å². The molecule has 4 heteroatoms. The van der Waals surface area contributed by atoms with Gasteiger partial charge in [0, 0.05) is 28.0 Å². The molecule has 1 aliphatic rings. The molecule has 0 amide bonds. The number of hydrogen-bond acceptors (Lipinski definition) is 4. The number of para-hydroxylation sites is 1. The van der Waals surface area contributed by atoms with Crippen molar-refractivity contribution in [3.8, 4) is 11.5 Å². The van der Waals surface area contributed by atoms with Gasteiger partial charge in [-0.1, -0.05) is 18.2 Å². The minimum atomic E-state index is 0.103. The molecule has 0 saturated carbocycles. The number of phenolic OH excluding ortho intramolecular Hbond substituents is 1. The molecule has 21 heavy (non-hydrogen) atoms. The molecular weight excluding hydrogens is 282 g/mol. The molecule has 0 aromatic heterocycles. The SMILES string of the molecule is C=CCSc1ccccc1NC1COc2cc(O)ccc21. The smallest absolute Gasteiger partial charge is 0.128 e. The van der Waals surface area contributed by atoms with E-state index in [1.54, 1.807) is 23.9 Å². The second-order valence-electron chi connectivity index (χ2n) is 4.83. The third-order valence-corrected chi connectivity index (χ3v) is 4.42. The maximum absolute atomic E-state index is 9.50. The fourth-order valence-corrected chi connectivity index (χ4v) is 3.12. The Kier molecular flexibility index (Phi) is 4.06. The first-order valence-electron chi connectivity index (χ1n) is 6.83. The maximum atomic E-state index is 9.50. The molecule has 2 aromatic carbocycles. The summed E-state index contributed by atoms with van der Waals surface area (Å²) in [4.78, 5) is 1.20. The quantitative estimate of drug-likeness (QED) is 0.641. The predicted molar refractivity (Wildman–Crippen MR) is 87.3 cm³/mol. The molecule has 1 aliphatic heterocycles. The van der Waals surface area contributed by atoms with Crippen molar-refractivity contribution in [3.05, 3.63) is 60.7 Å². The Morgan fingerprint density at radius 1 is 1.33 bits per heavy atom. The average molecular weight is 299 g/mol. The third kappa shape index (κ3) is 3.00. The van der Waals surface area contributed by atoms with E-state index in [-0.39, 0.29) is 11.8 Å². The Hall–Kier alpha value is -2.07. The van der Waals surface area contributed by atoms with Crippen molar-refractivity contribution in [1.29, 1.82) is 0 Å². The molecule has 0 saturated heterocycles. The predicted octanol–water partition coefficient (Wildman–Crippen LogP) is 4.22. The number of rotatable bonds is 5. The van der Waals surface area contributed by atoms with Gasteiger partial charge in [-0.2, -0.15) is 0 Å². The second-order valence-corrected chi connectivity index (χ2v) is 5.89. The van der Waals surface area contributed by atoms with Crippen LogP contribution in [0.5, 0.6) is 11.5 Å². The fraction of sp³-hybridized carbons (Fsp3) is 0.176. The summed E-state index contributed by atoms with van der Waals surface area (Å²) in [6.07, 6.45) is 1.90. The minimum absolute atomic E-state index is 0.103. The van der Waals surface area contributed by atoms with Crippen molar-refractivity contribution < 1.29 is 9.84 Å². The van der Waals surface area contributed by atoms with Gasteiger partial charge in [0.15, 0.2) is 0 Å². The summed E-state index contributed by atoms with van der Waals surface area (Å²) in [6, 6.07) is 13.6. The summed E-state index contributed by atoms with van der Waals surface area (Å²) in [7, 11) is 0. The van der Waals surface area contributed by atoms with E-state index in [0.717, 1.165) is 22.8 Å². The first-order chi connectivity index (χ1) is 10.3. The van der Waals surface area contributed by atoms with E-state index in [2.05, 4.69) is 24.0 Å². The summed E-state index contributed by atoms with van der Waals surface area (Å²) in [5.74, 6) is 1.87. The van der Waals surface area contributed by atoms with E-state index in [4.69, 9.17) is 4.74 Å². The Labute approximate surface area is 128 Å². The highest BCUT2D eigenvalue weighted by Gasteiger charge is 2.24. The van der Waals surface area contributed by atoms with Crippen molar-refractivity contribution in [3.63, 3.8) is 0 Å². The number of aromatic hydroxyl groups is 1. The number of ether oxygens (including phenoxy) is 1. The molecule has 0 aliphatic carbocycles. The topological polar surface area (TPSA) is 41.5 Å². The van der Waals surface area contributed by atoms with Gasteiger partial charge in [0.05, 0.1) is 6.04 Å². The van der Waals surface area contributed by atoms with Gasteiger partial charge in [-0.15, -0.1) is 18.3 Å². The molecule has 108 valence electrons. The molecule has 1 heterocycles. The number of phenols is 1. The van der Waals surface area contributed by atoms with E-state index < -0.39 is 0 Å². The second kappa shape index (κ2) is 6.14. The first-order valence-corrected chi connectivity index (χ1v) is 7.81. The summed E-state index contributed by atoms with van der Waals surface area (Å²) < 4.78 is 5.64. The Bertz CT molecular complexity index is 657. The number of thioether (sulfide) groups is 1. The van der Waals surface area contributed by atoms with E-state index in [0.29, 0.717) is 6.61 Å². The number of anilines is 1. The number of nitrogens with one attached hydrogen (secondary N) is 1. The van der Waals surface area contributed by atoms with E-state index in [1.807, 2.05) is 24.3 Å². The minimum Gasteiger partial charge on any atom is -0.508 e. The zero-order valence-corrected chi connectivity index (χ0v) is 12.4. The van der Waals surface area contributed by atoms with Crippen LogP contribution in [-0.2, 0) is 0 Å². The highest BCUT2D eigenvalue weighted by atomic mass is 32.2. The molecule has 1 atom stereocenters. The monoisotopic (exact) mass is 299 g/mol. The van der Waals surface area contributed by atoms with E-state index in [9.17, 15) is 5.11 Å². The van der Waals surface area contributed by atoms with Gasteiger partial charge in [-0.05, 0) is 24.3 Å². The van der Waals surface area contributed by atoms with Crippen LogP contribution in [0, 0.1) is 0 Å². The van der Waals surface area contributed by atoms with Gasteiger partial charge in [-0.3, -0.25) is 0 Å². The number of fused-ring (bicyclic) bond motifs is 1. The Morgan fingerprint density at radius 3 is 3.05 bits per heavy atom. The van der Waals surface area contributed by atoms with Crippen LogP contribution < -0.4 is 10.1 Å². The zero-order valence-electron chi connectivity index (χ0n) is 11.6. The molecule has 0 fully saturated rings. The lowest BCUT2D eigenvalue weighted by atomic mass is 10.1. The fourth-order valence-electron chi connectivity index (χ4n) is 2.37. The average Bonchev–Trinajstić information content (AvgIpc) is 2.88. The number of hydrogen-bond donors (Lipinski definition) is 2. The summed E-state index contributed by atoms with van der Waals surface area (Å²) in [5, 5.41) is 13.0. The summed E-state index contributed by atoms with van der Waals surface area (Å²) >= 11 is 1.75. The normalized spacial score (nSPS) is 16.1. The largest absolute Gasteiger partial charge is 0.508 e. The van der Waals surface area contributed by atoms with Crippen molar-refractivity contribution in [1.82, 2.24) is 0 Å². The lowest BCUT2D eigenvalue weighted by molar-refractivity contribution is 0.338. The Morgan fingerprint density at radius 2 is 2.19 bits per heavy atom. The highest BCUT2D eigenvalue weighted by molar-refractivity contribution is 7.99. The molecule has 2 aromatic rings. The van der Waals surface area contributed by atoms with Crippen LogP contribution in [0.25, 0.3) is 0 Å². The van der Waals surface area contributed by atoms with Crippen molar-refractivity contribution in [2.45, 2.75) is 10.9 Å². The molecule has 3 nitrogen and oxygen atoms in total. The molecule has 2 N–H and O–H groups in total. The summed E-state index contributed by atoms with van der Waals surface area (Å²) in [6.45, 7) is 4.33. The van der Waals surface area contributed by atoms with Crippen molar-refractivity contribution in [2.24, 2.45) is 0 Å². The molecule has 0 bridgehead atoms. The van der Waals surface area contributed by atoms with Crippen molar-refractivity contribution in [2.75, 3.05) is 17.7 Å². The molecule has 0 radical (unpaired) electrons. The Balaban J connectivity index is 1.81. The molecule has 0 spiro atoms. The zero-order chi connectivity index (χ0) is 14.7. The van der Waals surface area contributed by atoms with Crippen LogP contribution in [0.3, 0.4) is 0 Å². The van der Waals surface area contributed by atoms with Crippen LogP contribution in [-0.4, -0.2) is 17.5 Å². The van der Waals surface area contributed by atoms with Crippen LogP contribution in [0.2, 0.25) is 0 Å². The lowest BCUT2D eigenvalue weighted by Crippen LogP contribution is -2.12. The maximum Gasteiger partial charge on any atom is 0.128 e. The third-order valence-electron chi connectivity index (χ3n) is 3.35. The highest BCUT2D eigenvalue weighted by Crippen LogP contribution is 2.38. The van der Waals surface area contributed by atoms with Gasteiger partial charge in [0.2, 0.25) is 0 Å². The summed E-state index contributed by atoms with van der Waals surface area (Å²) in [5.41, 5.74) is 2.18. The van der Waals surface area contributed by atoms with Crippen LogP contribution in [0.15, 0.2) is 60.0 Å². The van der Waals surface area contributed by atoms with Gasteiger partial charge < -0.3 is 15.2 Å². The van der Waals surface area contributed by atoms with Crippen LogP contribution in [0.1, 0.15) is 11.6 Å². The molecule has 1 unspecified atom stereocenters. The van der Waals surface area contributed by atoms with Gasteiger partial charge in [0.25, 0.3) is 0 Å². The van der Waals surface area contributed by atoms with Crippen LogP contribution in [0.4, 0.5) is 5.69 Å². The van der Waals surface area contributed by atoms with E-state index >= 15 is 0 Å². The molecular formula is C17H17NO2S. The van der Waals surface area contributed by atoms with E-state index in [1.165, 1.54) is 4.90 Å².